The molecule has 0 unspecified atom stereocenters. The van der Waals surface area contributed by atoms with Crippen molar-refractivity contribution in [2.75, 3.05) is 5.73 Å². The number of aromatic amines is 1. The monoisotopic (exact) mass is 226 g/mol. The van der Waals surface area contributed by atoms with Crippen LogP contribution in [-0.2, 0) is 0 Å². The molecule has 0 atom stereocenters. The van der Waals surface area contributed by atoms with Gasteiger partial charge in [-0.1, -0.05) is 30.3 Å². The smallest absolute Gasteiger partial charge is 0.274 e. The summed E-state index contributed by atoms with van der Waals surface area (Å²) >= 11 is 0. The number of fused-ring (bicyclic) bond motifs is 1. The van der Waals surface area contributed by atoms with Crippen LogP contribution in [0.5, 0.6) is 0 Å². The minimum absolute atomic E-state index is 0.213. The molecule has 1 aromatic carbocycles. The van der Waals surface area contributed by atoms with Gasteiger partial charge in [-0.3, -0.25) is 9.89 Å². The second kappa shape index (κ2) is 3.48. The van der Waals surface area contributed by atoms with Crippen LogP contribution < -0.4 is 11.3 Å². The molecule has 0 bridgehead atoms. The predicted molar refractivity (Wildman–Crippen MR) is 65.7 cm³/mol. The molecule has 0 aliphatic carbocycles. The topological polar surface area (TPSA) is 76.2 Å². The third-order valence-electron chi connectivity index (χ3n) is 2.60. The summed E-state index contributed by atoms with van der Waals surface area (Å²) in [6.07, 6.45) is 1.75. The zero-order chi connectivity index (χ0) is 11.8. The molecule has 5 heteroatoms. The Balaban J connectivity index is 2.36. The first-order chi connectivity index (χ1) is 8.25. The lowest BCUT2D eigenvalue weighted by Gasteiger charge is -1.98. The van der Waals surface area contributed by atoms with Crippen LogP contribution in [0.1, 0.15) is 0 Å². The molecule has 2 heterocycles. The fourth-order valence-corrected chi connectivity index (χ4v) is 1.83. The Hall–Kier alpha value is -2.56. The number of nitrogen functional groups attached to an aromatic ring is 1. The van der Waals surface area contributed by atoms with Crippen LogP contribution in [0.4, 0.5) is 5.82 Å². The largest absolute Gasteiger partial charge is 0.383 e. The lowest BCUT2D eigenvalue weighted by molar-refractivity contribution is 0.902. The van der Waals surface area contributed by atoms with Crippen molar-refractivity contribution in [2.24, 2.45) is 0 Å². The molecular weight excluding hydrogens is 216 g/mol. The average molecular weight is 226 g/mol. The highest BCUT2D eigenvalue weighted by atomic mass is 16.1. The first-order valence-corrected chi connectivity index (χ1v) is 5.18. The Labute approximate surface area is 96.5 Å². The van der Waals surface area contributed by atoms with Gasteiger partial charge in [-0.2, -0.15) is 0 Å². The van der Waals surface area contributed by atoms with Crippen molar-refractivity contribution < 1.29 is 0 Å². The molecule has 0 saturated carbocycles. The van der Waals surface area contributed by atoms with Crippen molar-refractivity contribution in [3.63, 3.8) is 0 Å². The minimum atomic E-state index is -0.213. The Bertz CT molecular complexity index is 727. The lowest BCUT2D eigenvalue weighted by atomic mass is 10.1. The third-order valence-corrected chi connectivity index (χ3v) is 2.60. The van der Waals surface area contributed by atoms with E-state index in [0.717, 1.165) is 11.1 Å². The maximum Gasteiger partial charge on any atom is 0.274 e. The molecule has 0 amide bonds. The number of H-pyrrole nitrogens is 1. The highest BCUT2D eigenvalue weighted by Crippen LogP contribution is 2.22. The zero-order valence-corrected chi connectivity index (χ0v) is 8.92. The lowest BCUT2D eigenvalue weighted by Crippen LogP contribution is -2.14. The average Bonchev–Trinajstić information content (AvgIpc) is 2.74. The van der Waals surface area contributed by atoms with E-state index in [1.54, 1.807) is 6.20 Å². The molecule has 2 aromatic heterocycles. The number of nitrogens with zero attached hydrogens (tertiary/aromatic N) is 2. The summed E-state index contributed by atoms with van der Waals surface area (Å²) in [4.78, 5) is 15.8. The molecule has 3 aromatic rings. The number of aromatic nitrogens is 3. The number of nitrogens with one attached hydrogen (secondary N) is 1. The number of hydrogen-bond acceptors (Lipinski definition) is 3. The molecule has 5 nitrogen and oxygen atoms in total. The minimum Gasteiger partial charge on any atom is -0.383 e. The molecule has 0 fully saturated rings. The van der Waals surface area contributed by atoms with Crippen molar-refractivity contribution in [1.82, 2.24) is 14.6 Å². The van der Waals surface area contributed by atoms with E-state index in [0.29, 0.717) is 5.65 Å². The van der Waals surface area contributed by atoms with Crippen LogP contribution in [0.25, 0.3) is 16.8 Å². The summed E-state index contributed by atoms with van der Waals surface area (Å²) in [7, 11) is 0. The molecule has 84 valence electrons. The summed E-state index contributed by atoms with van der Waals surface area (Å²) in [5, 5.41) is 2.87. The van der Waals surface area contributed by atoms with Crippen LogP contribution in [0.3, 0.4) is 0 Å². The molecule has 0 aliphatic heterocycles. The fourth-order valence-electron chi connectivity index (χ4n) is 1.83. The van der Waals surface area contributed by atoms with Gasteiger partial charge in [0.1, 0.15) is 5.82 Å². The van der Waals surface area contributed by atoms with Gasteiger partial charge in [0.25, 0.3) is 5.56 Å². The summed E-state index contributed by atoms with van der Waals surface area (Å²) in [5.41, 5.74) is 7.77. The number of benzene rings is 1. The molecular formula is C12H10N4O. The summed E-state index contributed by atoms with van der Waals surface area (Å²) < 4.78 is 1.37. The van der Waals surface area contributed by atoms with E-state index in [4.69, 9.17) is 5.73 Å². The molecule has 17 heavy (non-hydrogen) atoms. The van der Waals surface area contributed by atoms with Crippen LogP contribution >= 0.6 is 0 Å². The van der Waals surface area contributed by atoms with Gasteiger partial charge in [-0.15, -0.1) is 0 Å². The maximum atomic E-state index is 11.7. The van der Waals surface area contributed by atoms with Gasteiger partial charge < -0.3 is 5.73 Å². The van der Waals surface area contributed by atoms with Gasteiger partial charge in [-0.05, 0) is 5.56 Å². The van der Waals surface area contributed by atoms with Gasteiger partial charge in [-0.25, -0.2) is 9.50 Å². The summed E-state index contributed by atoms with van der Waals surface area (Å²) in [6, 6.07) is 11.0. The van der Waals surface area contributed by atoms with Crippen molar-refractivity contribution in [1.29, 1.82) is 0 Å². The van der Waals surface area contributed by atoms with Crippen LogP contribution in [0, 0.1) is 0 Å². The highest BCUT2D eigenvalue weighted by Gasteiger charge is 2.09. The summed E-state index contributed by atoms with van der Waals surface area (Å²) in [5.74, 6) is 0.229. The Morgan fingerprint density at radius 1 is 1.24 bits per heavy atom. The van der Waals surface area contributed by atoms with E-state index in [-0.39, 0.29) is 11.4 Å². The molecule has 3 N–H and O–H groups in total. The Morgan fingerprint density at radius 3 is 2.76 bits per heavy atom. The molecule has 0 spiro atoms. The second-order valence-corrected chi connectivity index (χ2v) is 3.73. The van der Waals surface area contributed by atoms with E-state index in [9.17, 15) is 4.79 Å². The van der Waals surface area contributed by atoms with Gasteiger partial charge in [0.2, 0.25) is 0 Å². The maximum absolute atomic E-state index is 11.7. The van der Waals surface area contributed by atoms with Crippen molar-refractivity contribution >= 4 is 11.5 Å². The van der Waals surface area contributed by atoms with Gasteiger partial charge in [0.15, 0.2) is 5.65 Å². The van der Waals surface area contributed by atoms with Crippen molar-refractivity contribution in [3.8, 4) is 11.1 Å². The van der Waals surface area contributed by atoms with E-state index in [1.165, 1.54) is 10.6 Å². The van der Waals surface area contributed by atoms with Gasteiger partial charge in [0.05, 0.1) is 0 Å². The van der Waals surface area contributed by atoms with Crippen molar-refractivity contribution in [3.05, 3.63) is 52.9 Å². The predicted octanol–water partition coefficient (Wildman–Crippen LogP) is 1.27. The highest BCUT2D eigenvalue weighted by molar-refractivity contribution is 5.77. The Kier molecular flexibility index (Phi) is 1.98. The van der Waals surface area contributed by atoms with Gasteiger partial charge >= 0.3 is 0 Å². The van der Waals surface area contributed by atoms with E-state index in [2.05, 4.69) is 10.1 Å². The second-order valence-electron chi connectivity index (χ2n) is 3.73. The quantitative estimate of drug-likeness (QED) is 0.656. The standard InChI is InChI=1S/C12H10N4O/c13-10-6-11(17)16-12(15-10)9(7-14-16)8-4-2-1-3-5-8/h1-7,14H,13H2. The normalized spacial score (nSPS) is 10.8. The fraction of sp³-hybridized carbons (Fsp3) is 0. The zero-order valence-electron chi connectivity index (χ0n) is 8.92. The first-order valence-electron chi connectivity index (χ1n) is 5.18. The Morgan fingerprint density at radius 2 is 2.00 bits per heavy atom. The van der Waals surface area contributed by atoms with Gasteiger partial charge in [0, 0.05) is 17.8 Å². The number of hydrogen-bond donors (Lipinski definition) is 2. The molecule has 3 rings (SSSR count). The van der Waals surface area contributed by atoms with E-state index >= 15 is 0 Å². The third kappa shape index (κ3) is 1.48. The molecule has 0 aliphatic rings. The summed E-state index contributed by atoms with van der Waals surface area (Å²) in [6.45, 7) is 0. The molecule has 0 saturated heterocycles. The van der Waals surface area contributed by atoms with Crippen LogP contribution in [0.15, 0.2) is 47.4 Å². The number of rotatable bonds is 1. The van der Waals surface area contributed by atoms with Crippen molar-refractivity contribution in [2.45, 2.75) is 0 Å². The SMILES string of the molecule is Nc1cc(=O)n2[nH]cc(-c3ccccc3)c2n1. The number of anilines is 1. The molecule has 0 radical (unpaired) electrons. The van der Waals surface area contributed by atoms with Crippen LogP contribution in [0.2, 0.25) is 0 Å². The van der Waals surface area contributed by atoms with E-state index < -0.39 is 0 Å². The number of nitrogens with two attached hydrogens (primary N) is 1. The first kappa shape index (κ1) is 9.65. The van der Waals surface area contributed by atoms with E-state index in [1.807, 2.05) is 30.3 Å². The van der Waals surface area contributed by atoms with Crippen LogP contribution in [-0.4, -0.2) is 14.6 Å².